The number of nitrogens with zero attached hydrogens (tertiary/aromatic N) is 1. The summed E-state index contributed by atoms with van der Waals surface area (Å²) in [5.74, 6) is 1.35. The third-order valence-electron chi connectivity index (χ3n) is 3.24. The zero-order valence-corrected chi connectivity index (χ0v) is 10.5. The van der Waals surface area contributed by atoms with Gasteiger partial charge in [0.15, 0.2) is 5.13 Å². The van der Waals surface area contributed by atoms with Gasteiger partial charge in [-0.05, 0) is 41.9 Å². The van der Waals surface area contributed by atoms with E-state index in [0.717, 1.165) is 11.4 Å². The Morgan fingerprint density at radius 3 is 2.75 bits per heavy atom. The molecule has 0 spiro atoms. The molecule has 16 heavy (non-hydrogen) atoms. The van der Waals surface area contributed by atoms with Crippen LogP contribution in [-0.4, -0.2) is 4.98 Å². The number of hydrogen-bond acceptors (Lipinski definition) is 3. The molecule has 1 fully saturated rings. The molecule has 3 heteroatoms. The Morgan fingerprint density at radius 1 is 1.38 bits per heavy atom. The summed E-state index contributed by atoms with van der Waals surface area (Å²) >= 11 is 1.63. The number of fused-ring (bicyclic) bond motifs is 1. The summed E-state index contributed by atoms with van der Waals surface area (Å²) in [5, 5.41) is 0.685. The van der Waals surface area contributed by atoms with E-state index >= 15 is 0 Å². The average Bonchev–Trinajstić information content (AvgIpc) is 2.98. The Bertz CT molecular complexity index is 538. The maximum atomic E-state index is 5.81. The molecule has 0 unspecified atom stereocenters. The quantitative estimate of drug-likeness (QED) is 0.853. The van der Waals surface area contributed by atoms with Gasteiger partial charge in [-0.2, -0.15) is 0 Å². The lowest BCUT2D eigenvalue weighted by molar-refractivity contribution is 0.854. The number of hydrogen-bond donors (Lipinski definition) is 1. The van der Waals surface area contributed by atoms with Crippen LogP contribution >= 0.6 is 11.3 Å². The molecule has 3 rings (SSSR count). The number of aromatic nitrogens is 1. The highest BCUT2D eigenvalue weighted by Crippen LogP contribution is 2.46. The van der Waals surface area contributed by atoms with Crippen LogP contribution in [0.25, 0.3) is 10.2 Å². The van der Waals surface area contributed by atoms with Crippen molar-refractivity contribution in [2.24, 2.45) is 0 Å². The Kier molecular flexibility index (Phi) is 2.18. The standard InChI is InChI=1S/C13H16N2S/c1-7(2)11-9(8-3-4-8)5-6-10-12(11)16-13(14)15-10/h5-8H,3-4H2,1-2H3,(H2,14,15). The molecule has 1 aliphatic carbocycles. The number of rotatable bonds is 2. The first-order valence-electron chi connectivity index (χ1n) is 5.85. The fourth-order valence-electron chi connectivity index (χ4n) is 2.39. The van der Waals surface area contributed by atoms with Gasteiger partial charge < -0.3 is 5.73 Å². The van der Waals surface area contributed by atoms with Crippen molar-refractivity contribution in [2.45, 2.75) is 38.5 Å². The summed E-state index contributed by atoms with van der Waals surface area (Å²) in [6.07, 6.45) is 2.69. The molecule has 0 bridgehead atoms. The molecule has 1 aliphatic rings. The smallest absolute Gasteiger partial charge is 0.181 e. The normalized spacial score (nSPS) is 16.2. The predicted molar refractivity (Wildman–Crippen MR) is 70.1 cm³/mol. The van der Waals surface area contributed by atoms with Gasteiger partial charge in [0.05, 0.1) is 10.2 Å². The molecule has 1 aromatic carbocycles. The Morgan fingerprint density at radius 2 is 2.12 bits per heavy atom. The van der Waals surface area contributed by atoms with Crippen LogP contribution in [0.1, 0.15) is 49.7 Å². The molecule has 1 aromatic heterocycles. The molecule has 2 aromatic rings. The highest BCUT2D eigenvalue weighted by molar-refractivity contribution is 7.22. The van der Waals surface area contributed by atoms with Gasteiger partial charge in [0, 0.05) is 0 Å². The fourth-order valence-corrected chi connectivity index (χ4v) is 3.43. The largest absolute Gasteiger partial charge is 0.375 e. The van der Waals surface area contributed by atoms with E-state index in [-0.39, 0.29) is 0 Å². The summed E-state index contributed by atoms with van der Waals surface area (Å²) in [7, 11) is 0. The molecule has 2 N–H and O–H groups in total. The van der Waals surface area contributed by atoms with E-state index in [0.29, 0.717) is 11.0 Å². The molecule has 0 saturated heterocycles. The van der Waals surface area contributed by atoms with E-state index in [1.807, 2.05) is 0 Å². The van der Waals surface area contributed by atoms with Crippen molar-refractivity contribution in [1.82, 2.24) is 4.98 Å². The second-order valence-electron chi connectivity index (χ2n) is 4.90. The van der Waals surface area contributed by atoms with Crippen molar-refractivity contribution in [2.75, 3.05) is 5.73 Å². The minimum atomic E-state index is 0.555. The lowest BCUT2D eigenvalue weighted by Crippen LogP contribution is -1.95. The minimum Gasteiger partial charge on any atom is -0.375 e. The third kappa shape index (κ3) is 1.50. The van der Waals surface area contributed by atoms with E-state index < -0.39 is 0 Å². The number of nitrogens with two attached hydrogens (primary N) is 1. The van der Waals surface area contributed by atoms with Gasteiger partial charge in [-0.3, -0.25) is 0 Å². The molecule has 0 atom stereocenters. The zero-order chi connectivity index (χ0) is 11.3. The minimum absolute atomic E-state index is 0.555. The van der Waals surface area contributed by atoms with Crippen LogP contribution in [0, 0.1) is 0 Å². The molecule has 0 radical (unpaired) electrons. The Balaban J connectivity index is 2.30. The topological polar surface area (TPSA) is 38.9 Å². The summed E-state index contributed by atoms with van der Waals surface area (Å²) in [5.41, 5.74) is 9.89. The first kappa shape index (κ1) is 10.1. The first-order valence-corrected chi connectivity index (χ1v) is 6.67. The lowest BCUT2D eigenvalue weighted by Gasteiger charge is -2.12. The van der Waals surface area contributed by atoms with Crippen LogP contribution in [0.3, 0.4) is 0 Å². The molecule has 0 aliphatic heterocycles. The van der Waals surface area contributed by atoms with Crippen molar-refractivity contribution in [1.29, 1.82) is 0 Å². The van der Waals surface area contributed by atoms with Crippen molar-refractivity contribution in [3.63, 3.8) is 0 Å². The lowest BCUT2D eigenvalue weighted by atomic mass is 9.94. The Hall–Kier alpha value is -1.09. The number of anilines is 1. The van der Waals surface area contributed by atoms with Gasteiger partial charge in [0.2, 0.25) is 0 Å². The highest BCUT2D eigenvalue weighted by Gasteiger charge is 2.28. The van der Waals surface area contributed by atoms with Crippen molar-refractivity contribution in [3.8, 4) is 0 Å². The highest BCUT2D eigenvalue weighted by atomic mass is 32.1. The second kappa shape index (κ2) is 3.45. The molecule has 1 saturated carbocycles. The molecule has 84 valence electrons. The van der Waals surface area contributed by atoms with E-state index in [9.17, 15) is 0 Å². The van der Waals surface area contributed by atoms with Gasteiger partial charge in [0.25, 0.3) is 0 Å². The van der Waals surface area contributed by atoms with Crippen LogP contribution in [0.2, 0.25) is 0 Å². The van der Waals surface area contributed by atoms with E-state index in [1.54, 1.807) is 11.3 Å². The monoisotopic (exact) mass is 232 g/mol. The zero-order valence-electron chi connectivity index (χ0n) is 9.66. The summed E-state index contributed by atoms with van der Waals surface area (Å²) in [6.45, 7) is 4.52. The van der Waals surface area contributed by atoms with Crippen LogP contribution < -0.4 is 5.73 Å². The van der Waals surface area contributed by atoms with E-state index in [4.69, 9.17) is 5.73 Å². The van der Waals surface area contributed by atoms with Crippen LogP contribution in [0.15, 0.2) is 12.1 Å². The maximum Gasteiger partial charge on any atom is 0.181 e. The van der Waals surface area contributed by atoms with Gasteiger partial charge in [-0.1, -0.05) is 31.3 Å². The van der Waals surface area contributed by atoms with Crippen LogP contribution in [0.4, 0.5) is 5.13 Å². The third-order valence-corrected chi connectivity index (χ3v) is 4.17. The summed E-state index contributed by atoms with van der Waals surface area (Å²) in [6, 6.07) is 4.39. The van der Waals surface area contributed by atoms with E-state index in [2.05, 4.69) is 31.0 Å². The van der Waals surface area contributed by atoms with Crippen LogP contribution in [0.5, 0.6) is 0 Å². The van der Waals surface area contributed by atoms with Gasteiger partial charge in [-0.15, -0.1) is 0 Å². The summed E-state index contributed by atoms with van der Waals surface area (Å²) in [4.78, 5) is 4.37. The van der Waals surface area contributed by atoms with E-state index in [1.165, 1.54) is 28.7 Å². The van der Waals surface area contributed by atoms with Crippen molar-refractivity contribution in [3.05, 3.63) is 23.3 Å². The van der Waals surface area contributed by atoms with Gasteiger partial charge in [0.1, 0.15) is 0 Å². The van der Waals surface area contributed by atoms with Crippen LogP contribution in [-0.2, 0) is 0 Å². The molecular formula is C13H16N2S. The molecular weight excluding hydrogens is 216 g/mol. The molecule has 0 amide bonds. The second-order valence-corrected chi connectivity index (χ2v) is 5.93. The van der Waals surface area contributed by atoms with Gasteiger partial charge in [-0.25, -0.2) is 4.98 Å². The maximum absolute atomic E-state index is 5.81. The summed E-state index contributed by atoms with van der Waals surface area (Å²) < 4.78 is 1.30. The Labute approximate surface area is 99.5 Å². The number of benzene rings is 1. The number of thiazole rings is 1. The SMILES string of the molecule is CC(C)c1c(C2CC2)ccc2nc(N)sc12. The number of nitrogen functional groups attached to an aromatic ring is 1. The van der Waals surface area contributed by atoms with Crippen molar-refractivity contribution >= 4 is 26.7 Å². The molecule has 1 heterocycles. The van der Waals surface area contributed by atoms with Crippen molar-refractivity contribution < 1.29 is 0 Å². The predicted octanol–water partition coefficient (Wildman–Crippen LogP) is 3.88. The first-order chi connectivity index (χ1) is 7.66. The molecule has 2 nitrogen and oxygen atoms in total. The average molecular weight is 232 g/mol. The fraction of sp³-hybridized carbons (Fsp3) is 0.462. The van der Waals surface area contributed by atoms with Gasteiger partial charge >= 0.3 is 0 Å².